The van der Waals surface area contributed by atoms with Crippen LogP contribution in [0.3, 0.4) is 0 Å². The molecule has 0 fully saturated rings. The lowest BCUT2D eigenvalue weighted by Gasteiger charge is -2.17. The molecule has 1 rings (SSSR count). The Hall–Kier alpha value is -1.10. The molecule has 21 heavy (non-hydrogen) atoms. The largest absolute Gasteiger partial charge is 0.357 e. The first kappa shape index (κ1) is 18.0. The maximum atomic E-state index is 4.69. The number of rotatable bonds is 8. The summed E-state index contributed by atoms with van der Waals surface area (Å²) in [6, 6.07) is 0.457. The molecule has 1 aromatic heterocycles. The zero-order chi connectivity index (χ0) is 15.7. The van der Waals surface area contributed by atoms with Gasteiger partial charge in [-0.05, 0) is 34.1 Å². The van der Waals surface area contributed by atoms with Crippen LogP contribution < -0.4 is 10.6 Å². The molecule has 0 aliphatic rings. The van der Waals surface area contributed by atoms with Crippen molar-refractivity contribution in [2.45, 2.75) is 72.9 Å². The van der Waals surface area contributed by atoms with Crippen molar-refractivity contribution in [2.75, 3.05) is 6.54 Å². The third-order valence-corrected chi connectivity index (χ3v) is 4.41. The van der Waals surface area contributed by atoms with Gasteiger partial charge in [-0.1, -0.05) is 26.2 Å². The lowest BCUT2D eigenvalue weighted by Crippen LogP contribution is -2.42. The summed E-state index contributed by atoms with van der Waals surface area (Å²) < 4.78 is 0. The van der Waals surface area contributed by atoms with Gasteiger partial charge in [-0.2, -0.15) is 0 Å². The van der Waals surface area contributed by atoms with Crippen molar-refractivity contribution >= 4 is 17.3 Å². The Kier molecular flexibility index (Phi) is 8.35. The van der Waals surface area contributed by atoms with Gasteiger partial charge in [0.15, 0.2) is 5.96 Å². The minimum Gasteiger partial charge on any atom is -0.357 e. The second-order valence-electron chi connectivity index (χ2n) is 5.48. The zero-order valence-corrected chi connectivity index (χ0v) is 14.9. The molecule has 120 valence electrons. The topological polar surface area (TPSA) is 49.3 Å². The quantitative estimate of drug-likeness (QED) is 0.436. The van der Waals surface area contributed by atoms with Crippen molar-refractivity contribution in [3.05, 3.63) is 15.6 Å². The van der Waals surface area contributed by atoms with Gasteiger partial charge in [0.1, 0.15) is 0 Å². The molecule has 0 aliphatic heterocycles. The van der Waals surface area contributed by atoms with Crippen LogP contribution in [0.1, 0.15) is 62.0 Å². The van der Waals surface area contributed by atoms with Gasteiger partial charge in [0.25, 0.3) is 0 Å². The molecule has 1 unspecified atom stereocenters. The van der Waals surface area contributed by atoms with Crippen LogP contribution in [0.5, 0.6) is 0 Å². The van der Waals surface area contributed by atoms with Crippen LogP contribution in [0.2, 0.25) is 0 Å². The van der Waals surface area contributed by atoms with Crippen molar-refractivity contribution in [2.24, 2.45) is 4.99 Å². The molecule has 1 heterocycles. The number of guanidine groups is 1. The fraction of sp³-hybridized carbons (Fsp3) is 0.750. The van der Waals surface area contributed by atoms with Crippen LogP contribution in [0.15, 0.2) is 4.99 Å². The van der Waals surface area contributed by atoms with E-state index < -0.39 is 0 Å². The molecule has 0 aliphatic carbocycles. The fourth-order valence-electron chi connectivity index (χ4n) is 2.20. The van der Waals surface area contributed by atoms with Gasteiger partial charge >= 0.3 is 0 Å². The third kappa shape index (κ3) is 6.93. The molecule has 2 N–H and O–H groups in total. The summed E-state index contributed by atoms with van der Waals surface area (Å²) in [7, 11) is 0. The van der Waals surface area contributed by atoms with Crippen molar-refractivity contribution in [3.8, 4) is 0 Å². The minimum absolute atomic E-state index is 0.457. The van der Waals surface area contributed by atoms with E-state index >= 15 is 0 Å². The highest BCUT2D eigenvalue weighted by atomic mass is 32.1. The number of hydrogen-bond acceptors (Lipinski definition) is 3. The summed E-state index contributed by atoms with van der Waals surface area (Å²) in [6.07, 6.45) is 5.04. The first-order valence-electron chi connectivity index (χ1n) is 8.04. The van der Waals surface area contributed by atoms with E-state index in [0.29, 0.717) is 12.6 Å². The predicted molar refractivity (Wildman–Crippen MR) is 93.1 cm³/mol. The molecule has 5 heteroatoms. The highest BCUT2D eigenvalue weighted by Gasteiger charge is 2.07. The number of nitrogens with zero attached hydrogens (tertiary/aromatic N) is 2. The normalized spacial score (nSPS) is 13.3. The average Bonchev–Trinajstić information content (AvgIpc) is 2.75. The molecular formula is C16H30N4S. The lowest BCUT2D eigenvalue weighted by molar-refractivity contribution is 0.547. The second-order valence-corrected chi connectivity index (χ2v) is 6.77. The number of aromatic nitrogens is 1. The van der Waals surface area contributed by atoms with Crippen LogP contribution in [-0.4, -0.2) is 23.5 Å². The Bertz CT molecular complexity index is 439. The predicted octanol–water partition coefficient (Wildman–Crippen LogP) is 3.78. The molecule has 0 bridgehead atoms. The van der Waals surface area contributed by atoms with E-state index in [2.05, 4.69) is 43.3 Å². The van der Waals surface area contributed by atoms with Gasteiger partial charge in [-0.25, -0.2) is 9.98 Å². The summed E-state index contributed by atoms with van der Waals surface area (Å²) in [4.78, 5) is 10.4. The maximum absolute atomic E-state index is 4.69. The van der Waals surface area contributed by atoms with Crippen LogP contribution in [0.4, 0.5) is 0 Å². The monoisotopic (exact) mass is 310 g/mol. The van der Waals surface area contributed by atoms with Gasteiger partial charge in [-0.15, -0.1) is 11.3 Å². The van der Waals surface area contributed by atoms with Gasteiger partial charge < -0.3 is 10.6 Å². The molecule has 0 saturated carbocycles. The molecule has 0 aromatic carbocycles. The molecule has 4 nitrogen and oxygen atoms in total. The van der Waals surface area contributed by atoms with Crippen LogP contribution in [0.25, 0.3) is 0 Å². The lowest BCUT2D eigenvalue weighted by atomic mass is 10.1. The van der Waals surface area contributed by atoms with E-state index in [9.17, 15) is 0 Å². The molecule has 0 radical (unpaired) electrons. The first-order chi connectivity index (χ1) is 10.1. The number of unbranched alkanes of at least 4 members (excludes halogenated alkanes) is 2. The van der Waals surface area contributed by atoms with Crippen molar-refractivity contribution in [1.82, 2.24) is 15.6 Å². The van der Waals surface area contributed by atoms with Gasteiger partial charge in [-0.3, -0.25) is 0 Å². The first-order valence-corrected chi connectivity index (χ1v) is 8.86. The van der Waals surface area contributed by atoms with Crippen LogP contribution in [-0.2, 0) is 6.54 Å². The van der Waals surface area contributed by atoms with E-state index in [1.807, 2.05) is 6.92 Å². The van der Waals surface area contributed by atoms with E-state index in [1.54, 1.807) is 11.3 Å². The fourth-order valence-corrected chi connectivity index (χ4v) is 3.06. The second kappa shape index (κ2) is 9.77. The number of nitrogens with one attached hydrogen (secondary N) is 2. The summed E-state index contributed by atoms with van der Waals surface area (Å²) in [5, 5.41) is 7.93. The summed E-state index contributed by atoms with van der Waals surface area (Å²) in [6.45, 7) is 12.3. The molecular weight excluding hydrogens is 280 g/mol. The number of aryl methyl sites for hydroxylation is 2. The average molecular weight is 311 g/mol. The summed E-state index contributed by atoms with van der Waals surface area (Å²) in [5.74, 6) is 0.909. The molecule has 0 amide bonds. The van der Waals surface area contributed by atoms with E-state index in [4.69, 9.17) is 4.99 Å². The van der Waals surface area contributed by atoms with E-state index in [-0.39, 0.29) is 0 Å². The Balaban J connectivity index is 2.55. The van der Waals surface area contributed by atoms with Gasteiger partial charge in [0.05, 0.1) is 17.2 Å². The molecule has 0 spiro atoms. The number of hydrogen-bond donors (Lipinski definition) is 2. The van der Waals surface area contributed by atoms with Gasteiger partial charge in [0, 0.05) is 17.5 Å². The molecule has 1 atom stereocenters. The minimum atomic E-state index is 0.457. The summed E-state index contributed by atoms with van der Waals surface area (Å²) in [5.41, 5.74) is 1.10. The van der Waals surface area contributed by atoms with Gasteiger partial charge in [0.2, 0.25) is 0 Å². The van der Waals surface area contributed by atoms with Crippen molar-refractivity contribution in [3.63, 3.8) is 0 Å². The molecule has 0 saturated heterocycles. The number of thiazole rings is 1. The van der Waals surface area contributed by atoms with E-state index in [1.165, 1.54) is 30.6 Å². The van der Waals surface area contributed by atoms with Crippen molar-refractivity contribution < 1.29 is 0 Å². The van der Waals surface area contributed by atoms with Crippen LogP contribution in [0, 0.1) is 13.8 Å². The standard InChI is InChI=1S/C16H30N4S/c1-6-8-9-10-12(3)19-16(17-7-2)18-11-15-13(4)20-14(5)21-15/h12H,6-11H2,1-5H3,(H2,17,18,19). The Morgan fingerprint density at radius 3 is 2.62 bits per heavy atom. The smallest absolute Gasteiger partial charge is 0.191 e. The Labute approximate surface area is 133 Å². The zero-order valence-electron chi connectivity index (χ0n) is 14.1. The highest BCUT2D eigenvalue weighted by molar-refractivity contribution is 7.11. The van der Waals surface area contributed by atoms with E-state index in [0.717, 1.165) is 23.2 Å². The Morgan fingerprint density at radius 1 is 1.29 bits per heavy atom. The third-order valence-electron chi connectivity index (χ3n) is 3.35. The maximum Gasteiger partial charge on any atom is 0.191 e. The van der Waals surface area contributed by atoms with Crippen molar-refractivity contribution in [1.29, 1.82) is 0 Å². The molecule has 1 aromatic rings. The Morgan fingerprint density at radius 2 is 2.05 bits per heavy atom. The highest BCUT2D eigenvalue weighted by Crippen LogP contribution is 2.17. The van der Waals surface area contributed by atoms with Crippen LogP contribution >= 0.6 is 11.3 Å². The summed E-state index contributed by atoms with van der Waals surface area (Å²) >= 11 is 1.74. The SMILES string of the molecule is CCCCCC(C)NC(=NCc1sc(C)nc1C)NCC. The number of aliphatic imine (C=N–C) groups is 1.